The number of benzene rings is 4. The predicted octanol–water partition coefficient (Wildman–Crippen LogP) is 5.28. The summed E-state index contributed by atoms with van der Waals surface area (Å²) in [6.07, 6.45) is 1.34. The SMILES string of the molecule is O=S(O)CCCCOCc1ccc(OCC(COc2ccc(CO)cc2)(COc2ccc(CO)cc2)COc2ccc(CO)cc2)cc1. The average Bonchev–Trinajstić information content (AvgIpc) is 3.13. The predicted molar refractivity (Wildman–Crippen MR) is 182 cm³/mol. The van der Waals surface area contributed by atoms with Gasteiger partial charge in [0.05, 0.1) is 26.4 Å². The monoisotopic (exact) mass is 680 g/mol. The van der Waals surface area contributed by atoms with E-state index in [-0.39, 0.29) is 52.0 Å². The summed E-state index contributed by atoms with van der Waals surface area (Å²) < 4.78 is 50.6. The molecular formula is C37H44O10S. The Morgan fingerprint density at radius 3 is 1.15 bits per heavy atom. The maximum absolute atomic E-state index is 10.8. The highest BCUT2D eigenvalue weighted by Gasteiger charge is 2.36. The van der Waals surface area contributed by atoms with Crippen LogP contribution in [0.25, 0.3) is 0 Å². The van der Waals surface area contributed by atoms with Crippen LogP contribution in [0.5, 0.6) is 23.0 Å². The Bertz CT molecular complexity index is 1370. The first-order valence-corrected chi connectivity index (χ1v) is 17.0. The first-order valence-electron chi connectivity index (χ1n) is 15.7. The van der Waals surface area contributed by atoms with Gasteiger partial charge in [0.2, 0.25) is 0 Å². The standard InChI is InChI=1S/C37H44O10S/c38-21-29-3-11-33(12-4-29)44-25-37(26-45-34-13-5-30(22-39)6-14-34,27-46-35-15-7-31(23-40)8-16-35)28-47-36-17-9-32(10-18-36)24-43-19-1-2-20-48(41)42/h3-18,38-40H,1-2,19-28H2,(H,41,42). The van der Waals surface area contributed by atoms with Crippen LogP contribution in [0.1, 0.15) is 35.1 Å². The van der Waals surface area contributed by atoms with Crippen molar-refractivity contribution in [3.8, 4) is 23.0 Å². The zero-order valence-electron chi connectivity index (χ0n) is 26.9. The third-order valence-electron chi connectivity index (χ3n) is 7.55. The van der Waals surface area contributed by atoms with Crippen molar-refractivity contribution in [2.75, 3.05) is 38.8 Å². The fourth-order valence-electron chi connectivity index (χ4n) is 4.57. The molecule has 0 radical (unpaired) electrons. The molecule has 0 aliphatic rings. The highest BCUT2D eigenvalue weighted by Crippen LogP contribution is 2.27. The third kappa shape index (κ3) is 12.6. The van der Waals surface area contributed by atoms with Crippen molar-refractivity contribution in [1.29, 1.82) is 0 Å². The van der Waals surface area contributed by atoms with Gasteiger partial charge in [-0.3, -0.25) is 0 Å². The van der Waals surface area contributed by atoms with Gasteiger partial charge in [0.25, 0.3) is 0 Å². The molecule has 1 atom stereocenters. The molecule has 0 aromatic heterocycles. The van der Waals surface area contributed by atoms with Crippen molar-refractivity contribution in [2.45, 2.75) is 39.3 Å². The largest absolute Gasteiger partial charge is 0.493 e. The number of unbranched alkanes of at least 4 members (excludes halogenated alkanes) is 1. The minimum absolute atomic E-state index is 0.0669. The number of ether oxygens (including phenoxy) is 5. The van der Waals surface area contributed by atoms with E-state index in [9.17, 15) is 19.5 Å². The first kappa shape index (κ1) is 36.9. The van der Waals surface area contributed by atoms with E-state index in [0.717, 1.165) is 22.3 Å². The average molecular weight is 681 g/mol. The highest BCUT2D eigenvalue weighted by molar-refractivity contribution is 7.79. The second-order valence-electron chi connectivity index (χ2n) is 11.5. The molecule has 48 heavy (non-hydrogen) atoms. The second-order valence-corrected chi connectivity index (χ2v) is 12.5. The van der Waals surface area contributed by atoms with E-state index >= 15 is 0 Å². The van der Waals surface area contributed by atoms with E-state index in [2.05, 4.69) is 0 Å². The third-order valence-corrected chi connectivity index (χ3v) is 8.19. The van der Waals surface area contributed by atoms with Gasteiger partial charge in [0.15, 0.2) is 11.1 Å². The minimum Gasteiger partial charge on any atom is -0.493 e. The van der Waals surface area contributed by atoms with Gasteiger partial charge in [-0.15, -0.1) is 0 Å². The van der Waals surface area contributed by atoms with Crippen LogP contribution in [0.2, 0.25) is 0 Å². The van der Waals surface area contributed by atoms with E-state index in [1.54, 1.807) is 72.8 Å². The lowest BCUT2D eigenvalue weighted by Crippen LogP contribution is -2.45. The lowest BCUT2D eigenvalue weighted by atomic mass is 9.92. The van der Waals surface area contributed by atoms with Crippen LogP contribution < -0.4 is 18.9 Å². The maximum atomic E-state index is 10.8. The molecule has 0 saturated heterocycles. The molecule has 258 valence electrons. The second kappa shape index (κ2) is 19.8. The summed E-state index contributed by atoms with van der Waals surface area (Å²) in [5, 5.41) is 28.4. The number of aliphatic hydroxyl groups is 3. The van der Waals surface area contributed by atoms with E-state index in [1.807, 2.05) is 24.3 Å². The van der Waals surface area contributed by atoms with Gasteiger partial charge < -0.3 is 43.6 Å². The van der Waals surface area contributed by atoms with Gasteiger partial charge in [-0.2, -0.15) is 0 Å². The molecule has 4 aromatic rings. The summed E-state index contributed by atoms with van der Waals surface area (Å²) in [5.74, 6) is 2.74. The molecular weight excluding hydrogens is 636 g/mol. The van der Waals surface area contributed by atoms with Crippen LogP contribution in [-0.4, -0.2) is 62.9 Å². The molecule has 0 aliphatic carbocycles. The molecule has 0 aliphatic heterocycles. The summed E-state index contributed by atoms with van der Waals surface area (Å²) in [5.41, 5.74) is 2.47. The van der Waals surface area contributed by atoms with E-state index in [0.29, 0.717) is 49.1 Å². The Morgan fingerprint density at radius 1 is 0.500 bits per heavy atom. The molecule has 0 spiro atoms. The van der Waals surface area contributed by atoms with Gasteiger partial charge in [0, 0.05) is 12.4 Å². The van der Waals surface area contributed by atoms with Gasteiger partial charge in [0.1, 0.15) is 54.8 Å². The zero-order chi connectivity index (χ0) is 34.0. The lowest BCUT2D eigenvalue weighted by molar-refractivity contribution is -0.00354. The molecule has 0 heterocycles. The molecule has 0 saturated carbocycles. The molecule has 4 aromatic carbocycles. The normalized spacial score (nSPS) is 12.0. The Labute approximate surface area is 284 Å². The van der Waals surface area contributed by atoms with Crippen LogP contribution in [0.3, 0.4) is 0 Å². The van der Waals surface area contributed by atoms with E-state index in [1.165, 1.54) is 0 Å². The molecule has 0 bridgehead atoms. The molecule has 0 amide bonds. The molecule has 4 N–H and O–H groups in total. The highest BCUT2D eigenvalue weighted by atomic mass is 32.2. The summed E-state index contributed by atoms with van der Waals surface area (Å²) >= 11 is -1.77. The summed E-state index contributed by atoms with van der Waals surface area (Å²) in [6.45, 7) is 1.41. The number of hydrogen-bond donors (Lipinski definition) is 4. The maximum Gasteiger partial charge on any atom is 0.152 e. The fourth-order valence-corrected chi connectivity index (χ4v) is 5.02. The zero-order valence-corrected chi connectivity index (χ0v) is 27.7. The summed E-state index contributed by atoms with van der Waals surface area (Å²) in [4.78, 5) is 0. The van der Waals surface area contributed by atoms with Gasteiger partial charge in [-0.05, 0) is 83.6 Å². The van der Waals surface area contributed by atoms with Crippen LogP contribution in [0.15, 0.2) is 97.1 Å². The van der Waals surface area contributed by atoms with Crippen LogP contribution >= 0.6 is 0 Å². The van der Waals surface area contributed by atoms with E-state index in [4.69, 9.17) is 28.2 Å². The summed E-state index contributed by atoms with van der Waals surface area (Å²) in [6, 6.07) is 29.2. The Kier molecular flexibility index (Phi) is 15.2. The van der Waals surface area contributed by atoms with Crippen molar-refractivity contribution in [3.05, 3.63) is 119 Å². The smallest absolute Gasteiger partial charge is 0.152 e. The molecule has 11 heteroatoms. The van der Waals surface area contributed by atoms with Crippen LogP contribution in [0.4, 0.5) is 0 Å². The van der Waals surface area contributed by atoms with Crippen molar-refractivity contribution in [1.82, 2.24) is 0 Å². The number of hydrogen-bond acceptors (Lipinski definition) is 9. The van der Waals surface area contributed by atoms with Gasteiger partial charge in [-0.1, -0.05) is 48.5 Å². The van der Waals surface area contributed by atoms with Crippen molar-refractivity contribution in [3.63, 3.8) is 0 Å². The van der Waals surface area contributed by atoms with Crippen molar-refractivity contribution >= 4 is 11.1 Å². The van der Waals surface area contributed by atoms with Gasteiger partial charge in [-0.25, -0.2) is 4.21 Å². The molecule has 1 unspecified atom stereocenters. The first-order chi connectivity index (χ1) is 23.4. The molecule has 0 fully saturated rings. The Hall–Kier alpha value is -3.97. The molecule has 10 nitrogen and oxygen atoms in total. The molecule has 4 rings (SSSR count). The lowest BCUT2D eigenvalue weighted by Gasteiger charge is -2.33. The summed E-state index contributed by atoms with van der Waals surface area (Å²) in [7, 11) is 0. The van der Waals surface area contributed by atoms with Crippen LogP contribution in [-0.2, 0) is 42.2 Å². The van der Waals surface area contributed by atoms with E-state index < -0.39 is 16.5 Å². The Balaban J connectivity index is 1.49. The minimum atomic E-state index is -1.77. The number of rotatable bonds is 22. The fraction of sp³-hybridized carbons (Fsp3) is 0.351. The van der Waals surface area contributed by atoms with Crippen LogP contribution in [0, 0.1) is 5.41 Å². The van der Waals surface area contributed by atoms with Crippen molar-refractivity contribution in [2.24, 2.45) is 5.41 Å². The van der Waals surface area contributed by atoms with Crippen molar-refractivity contribution < 1.29 is 47.8 Å². The van der Waals surface area contributed by atoms with Gasteiger partial charge >= 0.3 is 0 Å². The number of aliphatic hydroxyl groups excluding tert-OH is 3. The quantitative estimate of drug-likeness (QED) is 0.0639. The topological polar surface area (TPSA) is 144 Å². The Morgan fingerprint density at radius 2 is 0.833 bits per heavy atom.